The molecule has 0 bridgehead atoms. The molecule has 7 heteroatoms. The summed E-state index contributed by atoms with van der Waals surface area (Å²) in [5, 5.41) is 10.8. The molecule has 1 aliphatic rings. The Morgan fingerprint density at radius 3 is 2.94 bits per heavy atom. The third kappa shape index (κ3) is 2.05. The average molecular weight is 262 g/mol. The van der Waals surface area contributed by atoms with E-state index in [0.29, 0.717) is 29.0 Å². The zero-order valence-corrected chi connectivity index (χ0v) is 10.2. The van der Waals surface area contributed by atoms with Crippen LogP contribution in [0.5, 0.6) is 0 Å². The molecule has 0 aliphatic carbocycles. The van der Waals surface area contributed by atoms with E-state index in [4.69, 9.17) is 10.5 Å². The third-order valence-electron chi connectivity index (χ3n) is 2.64. The van der Waals surface area contributed by atoms with Crippen LogP contribution in [0.25, 0.3) is 0 Å². The first-order chi connectivity index (χ1) is 8.72. The molecule has 2 heterocycles. The number of hydrogen-bond donors (Lipinski definition) is 2. The highest BCUT2D eigenvalue weighted by Gasteiger charge is 2.15. The molecule has 92 valence electrons. The van der Waals surface area contributed by atoms with E-state index in [1.807, 2.05) is 12.1 Å². The van der Waals surface area contributed by atoms with Gasteiger partial charge in [0.1, 0.15) is 0 Å². The van der Waals surface area contributed by atoms with E-state index >= 15 is 0 Å². The molecule has 18 heavy (non-hydrogen) atoms. The predicted molar refractivity (Wildman–Crippen MR) is 67.2 cm³/mol. The molecule has 0 spiro atoms. The Morgan fingerprint density at radius 1 is 1.33 bits per heavy atom. The first-order valence-electron chi connectivity index (χ1n) is 5.32. The molecule has 0 saturated heterocycles. The Morgan fingerprint density at radius 2 is 2.17 bits per heavy atom. The number of fused-ring (bicyclic) bond motifs is 1. The molecule has 1 aromatic heterocycles. The van der Waals surface area contributed by atoms with Gasteiger partial charge in [-0.1, -0.05) is 17.4 Å². The molecule has 3 N–H and O–H groups in total. The lowest BCUT2D eigenvalue weighted by Crippen LogP contribution is -2.12. The van der Waals surface area contributed by atoms with Crippen LogP contribution in [0.15, 0.2) is 18.2 Å². The van der Waals surface area contributed by atoms with Crippen molar-refractivity contribution in [3.63, 3.8) is 0 Å². The van der Waals surface area contributed by atoms with E-state index in [1.165, 1.54) is 0 Å². The van der Waals surface area contributed by atoms with Crippen LogP contribution in [-0.2, 0) is 18.0 Å². The summed E-state index contributed by atoms with van der Waals surface area (Å²) in [6, 6.07) is 5.51. The van der Waals surface area contributed by atoms with Crippen molar-refractivity contribution in [2.45, 2.75) is 13.2 Å². The van der Waals surface area contributed by atoms with Crippen molar-refractivity contribution in [2.75, 3.05) is 11.1 Å². The highest BCUT2D eigenvalue weighted by Crippen LogP contribution is 2.22. The van der Waals surface area contributed by atoms with Gasteiger partial charge in [-0.25, -0.2) is 0 Å². The lowest BCUT2D eigenvalue weighted by molar-refractivity contribution is 0.102. The summed E-state index contributed by atoms with van der Waals surface area (Å²) in [4.78, 5) is 12.0. The highest BCUT2D eigenvalue weighted by molar-refractivity contribution is 7.19. The van der Waals surface area contributed by atoms with Crippen molar-refractivity contribution < 1.29 is 9.53 Å². The Hall–Kier alpha value is -1.99. The third-order valence-corrected chi connectivity index (χ3v) is 3.31. The van der Waals surface area contributed by atoms with E-state index in [1.54, 1.807) is 6.07 Å². The predicted octanol–water partition coefficient (Wildman–Crippen LogP) is 1.40. The van der Waals surface area contributed by atoms with E-state index in [9.17, 15) is 4.79 Å². The maximum absolute atomic E-state index is 12.0. The van der Waals surface area contributed by atoms with Gasteiger partial charge >= 0.3 is 0 Å². The zero-order valence-electron chi connectivity index (χ0n) is 9.34. The summed E-state index contributed by atoms with van der Waals surface area (Å²) in [6.45, 7) is 1.17. The minimum atomic E-state index is -0.221. The van der Waals surface area contributed by atoms with E-state index < -0.39 is 0 Å². The van der Waals surface area contributed by atoms with Gasteiger partial charge in [0.05, 0.1) is 13.2 Å². The maximum Gasteiger partial charge on any atom is 0.257 e. The van der Waals surface area contributed by atoms with Crippen LogP contribution in [0, 0.1) is 0 Å². The molecule has 0 radical (unpaired) electrons. The molecular weight excluding hydrogens is 252 g/mol. The second-order valence-electron chi connectivity index (χ2n) is 3.88. The van der Waals surface area contributed by atoms with Crippen LogP contribution in [0.4, 0.5) is 10.3 Å². The molecule has 3 rings (SSSR count). The van der Waals surface area contributed by atoms with Crippen LogP contribution in [0.1, 0.15) is 21.5 Å². The van der Waals surface area contributed by atoms with Crippen molar-refractivity contribution in [2.24, 2.45) is 0 Å². The fourth-order valence-corrected chi connectivity index (χ4v) is 2.27. The molecule has 0 atom stereocenters. The van der Waals surface area contributed by atoms with Gasteiger partial charge in [-0.2, -0.15) is 0 Å². The molecule has 0 saturated carbocycles. The topological polar surface area (TPSA) is 90.1 Å². The number of amides is 1. The zero-order chi connectivity index (χ0) is 12.5. The summed E-state index contributed by atoms with van der Waals surface area (Å²) >= 11 is 1.14. The fourth-order valence-electron chi connectivity index (χ4n) is 1.77. The highest BCUT2D eigenvalue weighted by atomic mass is 32.1. The summed E-state index contributed by atoms with van der Waals surface area (Å²) in [5.74, 6) is -0.221. The van der Waals surface area contributed by atoms with Gasteiger partial charge < -0.3 is 10.5 Å². The Labute approximate surface area is 107 Å². The van der Waals surface area contributed by atoms with Crippen LogP contribution < -0.4 is 11.1 Å². The van der Waals surface area contributed by atoms with Gasteiger partial charge in [-0.15, -0.1) is 10.2 Å². The fraction of sp³-hybridized carbons (Fsp3) is 0.182. The van der Waals surface area contributed by atoms with Gasteiger partial charge in [0, 0.05) is 5.56 Å². The molecule has 6 nitrogen and oxygen atoms in total. The molecule has 1 amide bonds. The van der Waals surface area contributed by atoms with Crippen molar-refractivity contribution in [1.29, 1.82) is 0 Å². The molecular formula is C11H10N4O2S. The SMILES string of the molecule is Nc1nnc(NC(=O)c2ccc3c(c2)COC3)s1. The van der Waals surface area contributed by atoms with Crippen molar-refractivity contribution in [1.82, 2.24) is 10.2 Å². The smallest absolute Gasteiger partial charge is 0.257 e. The summed E-state index contributed by atoms with van der Waals surface area (Å²) in [7, 11) is 0. The largest absolute Gasteiger partial charge is 0.374 e. The number of carbonyl (C=O) groups excluding carboxylic acids is 1. The number of anilines is 2. The molecule has 0 unspecified atom stereocenters. The number of carbonyl (C=O) groups is 1. The van der Waals surface area contributed by atoms with E-state index in [2.05, 4.69) is 15.5 Å². The first kappa shape index (κ1) is 11.1. The Kier molecular flexibility index (Phi) is 2.69. The van der Waals surface area contributed by atoms with Crippen LogP contribution in [-0.4, -0.2) is 16.1 Å². The van der Waals surface area contributed by atoms with Gasteiger partial charge in [-0.05, 0) is 23.3 Å². The summed E-state index contributed by atoms with van der Waals surface area (Å²) in [5.41, 5.74) is 8.21. The number of hydrogen-bond acceptors (Lipinski definition) is 6. The minimum Gasteiger partial charge on any atom is -0.374 e. The second-order valence-corrected chi connectivity index (χ2v) is 4.88. The Bertz CT molecular complexity index is 611. The number of nitrogen functional groups attached to an aromatic ring is 1. The van der Waals surface area contributed by atoms with Crippen LogP contribution in [0.3, 0.4) is 0 Å². The van der Waals surface area contributed by atoms with Crippen molar-refractivity contribution in [3.05, 3.63) is 34.9 Å². The quantitative estimate of drug-likeness (QED) is 0.853. The van der Waals surface area contributed by atoms with E-state index in [0.717, 1.165) is 22.5 Å². The molecule has 1 aromatic carbocycles. The number of nitrogens with two attached hydrogens (primary N) is 1. The first-order valence-corrected chi connectivity index (χ1v) is 6.14. The summed E-state index contributed by atoms with van der Waals surface area (Å²) in [6.07, 6.45) is 0. The Balaban J connectivity index is 1.80. The normalized spacial score (nSPS) is 13.3. The lowest BCUT2D eigenvalue weighted by Gasteiger charge is -2.03. The average Bonchev–Trinajstić information content (AvgIpc) is 2.96. The molecule has 1 aliphatic heterocycles. The minimum absolute atomic E-state index is 0.221. The summed E-state index contributed by atoms with van der Waals surface area (Å²) < 4.78 is 5.30. The van der Waals surface area contributed by atoms with Gasteiger partial charge in [0.15, 0.2) is 0 Å². The van der Waals surface area contributed by atoms with Crippen LogP contribution >= 0.6 is 11.3 Å². The number of ether oxygens (including phenoxy) is 1. The number of rotatable bonds is 2. The van der Waals surface area contributed by atoms with Crippen molar-refractivity contribution in [3.8, 4) is 0 Å². The van der Waals surface area contributed by atoms with Gasteiger partial charge in [0.25, 0.3) is 5.91 Å². The number of nitrogens with zero attached hydrogens (tertiary/aromatic N) is 2. The number of aromatic nitrogens is 2. The lowest BCUT2D eigenvalue weighted by atomic mass is 10.1. The van der Waals surface area contributed by atoms with E-state index in [-0.39, 0.29) is 5.91 Å². The molecule has 0 fully saturated rings. The second kappa shape index (κ2) is 4.35. The molecule has 2 aromatic rings. The van der Waals surface area contributed by atoms with Gasteiger partial charge in [-0.3, -0.25) is 10.1 Å². The number of benzene rings is 1. The van der Waals surface area contributed by atoms with Gasteiger partial charge in [0.2, 0.25) is 10.3 Å². The maximum atomic E-state index is 12.0. The number of nitrogens with one attached hydrogen (secondary N) is 1. The standard InChI is InChI=1S/C11H10N4O2S/c12-10-14-15-11(18-10)13-9(16)6-1-2-7-4-17-5-8(7)3-6/h1-3H,4-5H2,(H2,12,14)(H,13,15,16). The van der Waals surface area contributed by atoms with Crippen molar-refractivity contribution >= 4 is 27.5 Å². The monoisotopic (exact) mass is 262 g/mol. The van der Waals surface area contributed by atoms with Crippen LogP contribution in [0.2, 0.25) is 0 Å².